The number of hydrogen-bond acceptors (Lipinski definition) is 3. The molecule has 1 saturated carbocycles. The van der Waals surface area contributed by atoms with Crippen molar-refractivity contribution in [2.24, 2.45) is 5.92 Å². The molecule has 0 bridgehead atoms. The smallest absolute Gasteiger partial charge is 0.244 e. The van der Waals surface area contributed by atoms with Crippen LogP contribution in [0.25, 0.3) is 0 Å². The molecule has 1 aromatic carbocycles. The van der Waals surface area contributed by atoms with Gasteiger partial charge in [-0.2, -0.15) is 0 Å². The van der Waals surface area contributed by atoms with Crippen LogP contribution in [0.1, 0.15) is 39.0 Å². The number of aromatic hydroxyl groups is 1. The number of phenols is 1. The third-order valence-electron chi connectivity index (χ3n) is 3.89. The quantitative estimate of drug-likeness (QED) is 0.892. The summed E-state index contributed by atoms with van der Waals surface area (Å²) < 4.78 is 27.4. The standard InChI is InChI=1S/C14H21NO3S/c1-2-11-7-3-4-8-12(11)15-19(17,18)14-10-6-5-9-13(14)16/h5-6,9-12,15-16H,2-4,7-8H2,1H3. The van der Waals surface area contributed by atoms with Gasteiger partial charge in [-0.3, -0.25) is 0 Å². The SMILES string of the molecule is CCC1CCCCC1NS(=O)(=O)c1ccccc1O. The number of benzene rings is 1. The zero-order valence-corrected chi connectivity index (χ0v) is 12.0. The first-order chi connectivity index (χ1) is 9.04. The van der Waals surface area contributed by atoms with Gasteiger partial charge in [0.25, 0.3) is 0 Å². The molecule has 0 aliphatic heterocycles. The molecule has 0 aromatic heterocycles. The minimum absolute atomic E-state index is 0.0108. The summed E-state index contributed by atoms with van der Waals surface area (Å²) in [5, 5.41) is 9.68. The Bertz CT molecular complexity index is 527. The van der Waals surface area contributed by atoms with Crippen LogP contribution in [0.3, 0.4) is 0 Å². The van der Waals surface area contributed by atoms with Crippen LogP contribution < -0.4 is 4.72 Å². The van der Waals surface area contributed by atoms with E-state index < -0.39 is 10.0 Å². The second-order valence-corrected chi connectivity index (χ2v) is 6.83. The predicted molar refractivity (Wildman–Crippen MR) is 74.5 cm³/mol. The van der Waals surface area contributed by atoms with E-state index in [9.17, 15) is 13.5 Å². The van der Waals surface area contributed by atoms with Crippen LogP contribution in [-0.2, 0) is 10.0 Å². The van der Waals surface area contributed by atoms with Gasteiger partial charge in [-0.1, -0.05) is 38.3 Å². The van der Waals surface area contributed by atoms with Crippen LogP contribution in [0.2, 0.25) is 0 Å². The van der Waals surface area contributed by atoms with Gasteiger partial charge in [-0.15, -0.1) is 0 Å². The van der Waals surface area contributed by atoms with Gasteiger partial charge in [-0.05, 0) is 30.9 Å². The number of hydrogen-bond donors (Lipinski definition) is 2. The molecule has 106 valence electrons. The van der Waals surface area contributed by atoms with Crippen molar-refractivity contribution in [1.29, 1.82) is 0 Å². The summed E-state index contributed by atoms with van der Waals surface area (Å²) in [5.74, 6) is 0.202. The molecular formula is C14H21NO3S. The van der Waals surface area contributed by atoms with E-state index in [4.69, 9.17) is 0 Å². The average molecular weight is 283 g/mol. The van der Waals surface area contributed by atoms with Gasteiger partial charge in [0.15, 0.2) is 0 Å². The Morgan fingerprint density at radius 2 is 1.95 bits per heavy atom. The van der Waals surface area contributed by atoms with Gasteiger partial charge < -0.3 is 5.11 Å². The first-order valence-corrected chi connectivity index (χ1v) is 8.33. The summed E-state index contributed by atoms with van der Waals surface area (Å²) in [6.45, 7) is 2.09. The van der Waals surface area contributed by atoms with Crippen LogP contribution >= 0.6 is 0 Å². The summed E-state index contributed by atoms with van der Waals surface area (Å²) in [4.78, 5) is -0.0320. The average Bonchev–Trinajstić information content (AvgIpc) is 2.39. The van der Waals surface area contributed by atoms with Crippen molar-refractivity contribution in [3.8, 4) is 5.75 Å². The summed E-state index contributed by atoms with van der Waals surface area (Å²) in [6.07, 6.45) is 5.17. The van der Waals surface area contributed by atoms with Crippen molar-refractivity contribution < 1.29 is 13.5 Å². The fourth-order valence-corrected chi connectivity index (χ4v) is 4.24. The first kappa shape index (κ1) is 14.3. The lowest BCUT2D eigenvalue weighted by Gasteiger charge is -2.31. The number of phenolic OH excluding ortho intramolecular Hbond substituents is 1. The molecule has 2 N–H and O–H groups in total. The molecule has 5 heteroatoms. The van der Waals surface area contributed by atoms with Crippen LogP contribution in [0.15, 0.2) is 29.2 Å². The van der Waals surface area contributed by atoms with Crippen molar-refractivity contribution in [2.75, 3.05) is 0 Å². The highest BCUT2D eigenvalue weighted by molar-refractivity contribution is 7.89. The maximum Gasteiger partial charge on any atom is 0.244 e. The summed E-state index contributed by atoms with van der Waals surface area (Å²) in [6, 6.07) is 6.05. The van der Waals surface area contributed by atoms with Gasteiger partial charge in [0, 0.05) is 6.04 Å². The molecule has 0 saturated heterocycles. The molecule has 0 heterocycles. The maximum atomic E-state index is 12.3. The molecule has 1 aromatic rings. The molecule has 19 heavy (non-hydrogen) atoms. The molecule has 2 rings (SSSR count). The van der Waals surface area contributed by atoms with Gasteiger partial charge in [0.05, 0.1) is 0 Å². The van der Waals surface area contributed by atoms with E-state index in [0.717, 1.165) is 25.7 Å². The summed E-state index contributed by atoms with van der Waals surface area (Å²) in [7, 11) is -3.63. The molecule has 0 spiro atoms. The fourth-order valence-electron chi connectivity index (χ4n) is 2.80. The van der Waals surface area contributed by atoms with Crippen molar-refractivity contribution in [1.82, 2.24) is 4.72 Å². The lowest BCUT2D eigenvalue weighted by atomic mass is 9.83. The van der Waals surface area contributed by atoms with Crippen LogP contribution in [0, 0.1) is 5.92 Å². The second kappa shape index (κ2) is 5.92. The Kier molecular flexibility index (Phi) is 4.47. The molecule has 2 unspecified atom stereocenters. The Labute approximate surface area is 114 Å². The largest absolute Gasteiger partial charge is 0.507 e. The topological polar surface area (TPSA) is 66.4 Å². The highest BCUT2D eigenvalue weighted by Gasteiger charge is 2.29. The van der Waals surface area contributed by atoms with E-state index in [1.54, 1.807) is 12.1 Å². The van der Waals surface area contributed by atoms with E-state index >= 15 is 0 Å². The van der Waals surface area contributed by atoms with Gasteiger partial charge in [0.1, 0.15) is 10.6 Å². The number of nitrogens with one attached hydrogen (secondary N) is 1. The monoisotopic (exact) mass is 283 g/mol. The van der Waals surface area contributed by atoms with Crippen LogP contribution in [0.5, 0.6) is 5.75 Å². The van der Waals surface area contributed by atoms with Gasteiger partial charge in [-0.25, -0.2) is 13.1 Å². The van der Waals surface area contributed by atoms with E-state index in [1.807, 2.05) is 0 Å². The van der Waals surface area contributed by atoms with E-state index in [0.29, 0.717) is 5.92 Å². The minimum Gasteiger partial charge on any atom is -0.507 e. The Hall–Kier alpha value is -1.07. The highest BCUT2D eigenvalue weighted by atomic mass is 32.2. The number of rotatable bonds is 4. The minimum atomic E-state index is -3.63. The van der Waals surface area contributed by atoms with Crippen molar-refractivity contribution >= 4 is 10.0 Å². The maximum absolute atomic E-state index is 12.3. The van der Waals surface area contributed by atoms with E-state index in [2.05, 4.69) is 11.6 Å². The Morgan fingerprint density at radius 1 is 1.26 bits per heavy atom. The molecule has 4 nitrogen and oxygen atoms in total. The Morgan fingerprint density at radius 3 is 2.63 bits per heavy atom. The van der Waals surface area contributed by atoms with Crippen molar-refractivity contribution in [2.45, 2.75) is 50.0 Å². The lowest BCUT2D eigenvalue weighted by Crippen LogP contribution is -2.41. The van der Waals surface area contributed by atoms with Gasteiger partial charge >= 0.3 is 0 Å². The lowest BCUT2D eigenvalue weighted by molar-refractivity contribution is 0.282. The van der Waals surface area contributed by atoms with Crippen molar-refractivity contribution in [3.05, 3.63) is 24.3 Å². The molecule has 0 amide bonds. The summed E-state index contributed by atoms with van der Waals surface area (Å²) >= 11 is 0. The third kappa shape index (κ3) is 3.28. The normalized spacial score (nSPS) is 24.3. The number of sulfonamides is 1. The molecule has 2 atom stereocenters. The summed E-state index contributed by atoms with van der Waals surface area (Å²) in [5.41, 5.74) is 0. The number of para-hydroxylation sites is 1. The van der Waals surface area contributed by atoms with Crippen LogP contribution in [-0.4, -0.2) is 19.6 Å². The Balaban J connectivity index is 2.19. The predicted octanol–water partition coefficient (Wildman–Crippen LogP) is 2.64. The van der Waals surface area contributed by atoms with Crippen LogP contribution in [0.4, 0.5) is 0 Å². The zero-order chi connectivity index (χ0) is 13.9. The van der Waals surface area contributed by atoms with Crippen molar-refractivity contribution in [3.63, 3.8) is 0 Å². The molecule has 0 radical (unpaired) electrons. The molecule has 1 aliphatic carbocycles. The molecule has 1 aliphatic rings. The van der Waals surface area contributed by atoms with E-state index in [-0.39, 0.29) is 16.7 Å². The second-order valence-electron chi connectivity index (χ2n) is 5.15. The third-order valence-corrected chi connectivity index (χ3v) is 5.43. The van der Waals surface area contributed by atoms with Gasteiger partial charge in [0.2, 0.25) is 10.0 Å². The molecular weight excluding hydrogens is 262 g/mol. The first-order valence-electron chi connectivity index (χ1n) is 6.85. The highest BCUT2D eigenvalue weighted by Crippen LogP contribution is 2.29. The fraction of sp³-hybridized carbons (Fsp3) is 0.571. The zero-order valence-electron chi connectivity index (χ0n) is 11.2. The molecule has 1 fully saturated rings. The van der Waals surface area contributed by atoms with E-state index in [1.165, 1.54) is 18.6 Å².